The van der Waals surface area contributed by atoms with Gasteiger partial charge in [-0.15, -0.1) is 0 Å². The van der Waals surface area contributed by atoms with E-state index >= 15 is 0 Å². The van der Waals surface area contributed by atoms with Crippen LogP contribution in [0.3, 0.4) is 0 Å². The zero-order chi connectivity index (χ0) is 11.1. The largest absolute Gasteiger partial charge is 0.306 e. The maximum Gasteiger partial charge on any atom is 0.0102 e. The Balaban J connectivity index is 1.58. The summed E-state index contributed by atoms with van der Waals surface area (Å²) in [5, 5.41) is 0. The van der Waals surface area contributed by atoms with Crippen LogP contribution in [-0.2, 0) is 0 Å². The average Bonchev–Trinajstić information content (AvgIpc) is 2.74. The molecular weight excluding hydrogens is 196 g/mol. The van der Waals surface area contributed by atoms with E-state index in [0.717, 1.165) is 23.8 Å². The Morgan fingerprint density at radius 3 is 2.31 bits per heavy atom. The Kier molecular flexibility index (Phi) is 2.97. The predicted molar refractivity (Wildman–Crippen MR) is 67.5 cm³/mol. The van der Waals surface area contributed by atoms with Crippen molar-refractivity contribution in [3.8, 4) is 0 Å². The van der Waals surface area contributed by atoms with E-state index < -0.39 is 0 Å². The van der Waals surface area contributed by atoms with Crippen molar-refractivity contribution in [1.82, 2.24) is 9.80 Å². The van der Waals surface area contributed by atoms with Crippen molar-refractivity contribution in [2.24, 2.45) is 17.8 Å². The van der Waals surface area contributed by atoms with Crippen LogP contribution in [0.25, 0.3) is 0 Å². The molecule has 1 aliphatic carbocycles. The summed E-state index contributed by atoms with van der Waals surface area (Å²) in [6.07, 6.45) is 5.87. The zero-order valence-electron chi connectivity index (χ0n) is 10.9. The third-order valence-corrected chi connectivity index (χ3v) is 5.11. The van der Waals surface area contributed by atoms with Crippen molar-refractivity contribution in [1.29, 1.82) is 0 Å². The van der Waals surface area contributed by atoms with Gasteiger partial charge in [-0.2, -0.15) is 0 Å². The molecule has 0 amide bonds. The summed E-state index contributed by atoms with van der Waals surface area (Å²) in [5.41, 5.74) is 0. The highest BCUT2D eigenvalue weighted by Gasteiger charge is 2.41. The highest BCUT2D eigenvalue weighted by molar-refractivity contribution is 4.95. The van der Waals surface area contributed by atoms with Crippen molar-refractivity contribution in [3.05, 3.63) is 0 Å². The summed E-state index contributed by atoms with van der Waals surface area (Å²) in [6.45, 7) is 7.91. The second-order valence-corrected chi connectivity index (χ2v) is 6.61. The molecule has 2 heterocycles. The first-order valence-corrected chi connectivity index (χ1v) is 7.15. The van der Waals surface area contributed by atoms with E-state index in [1.807, 2.05) is 0 Å². The molecule has 3 unspecified atom stereocenters. The number of nitrogens with zero attached hydrogens (tertiary/aromatic N) is 2. The highest BCUT2D eigenvalue weighted by atomic mass is 15.2. The molecule has 0 spiro atoms. The first-order valence-electron chi connectivity index (χ1n) is 7.15. The van der Waals surface area contributed by atoms with E-state index in [-0.39, 0.29) is 0 Å². The summed E-state index contributed by atoms with van der Waals surface area (Å²) >= 11 is 0. The molecular formula is C14H26N2. The highest BCUT2D eigenvalue weighted by Crippen LogP contribution is 2.40. The van der Waals surface area contributed by atoms with Crippen molar-refractivity contribution in [3.63, 3.8) is 0 Å². The molecule has 0 N–H and O–H groups in total. The maximum absolute atomic E-state index is 2.81. The minimum atomic E-state index is 0.937. The SMILES string of the molecule is CC1CCCN(C2CC3CN(C)CC3C2)C1. The predicted octanol–water partition coefficient (Wildman–Crippen LogP) is 2.06. The topological polar surface area (TPSA) is 6.48 Å². The Hall–Kier alpha value is -0.0800. The summed E-state index contributed by atoms with van der Waals surface area (Å²) in [4.78, 5) is 5.34. The fraction of sp³-hybridized carbons (Fsp3) is 1.00. The Labute approximate surface area is 100.0 Å². The van der Waals surface area contributed by atoms with Gasteiger partial charge < -0.3 is 9.80 Å². The molecule has 0 bridgehead atoms. The molecule has 2 aliphatic heterocycles. The first kappa shape index (κ1) is 11.0. The first-order chi connectivity index (χ1) is 7.72. The van der Waals surface area contributed by atoms with Crippen LogP contribution in [0, 0.1) is 17.8 Å². The molecule has 2 saturated heterocycles. The number of fused-ring (bicyclic) bond motifs is 1. The molecule has 2 heteroatoms. The van der Waals surface area contributed by atoms with Gasteiger partial charge in [0.25, 0.3) is 0 Å². The van der Waals surface area contributed by atoms with Crippen molar-refractivity contribution < 1.29 is 0 Å². The molecule has 0 aromatic heterocycles. The Morgan fingerprint density at radius 1 is 1.00 bits per heavy atom. The van der Waals surface area contributed by atoms with E-state index in [4.69, 9.17) is 0 Å². The van der Waals surface area contributed by atoms with Gasteiger partial charge in [0.2, 0.25) is 0 Å². The minimum absolute atomic E-state index is 0.937. The van der Waals surface area contributed by atoms with E-state index in [2.05, 4.69) is 23.8 Å². The Morgan fingerprint density at radius 2 is 1.69 bits per heavy atom. The molecule has 16 heavy (non-hydrogen) atoms. The molecule has 2 nitrogen and oxygen atoms in total. The second kappa shape index (κ2) is 4.30. The van der Waals surface area contributed by atoms with Gasteiger partial charge >= 0.3 is 0 Å². The van der Waals surface area contributed by atoms with Gasteiger partial charge in [0.15, 0.2) is 0 Å². The van der Waals surface area contributed by atoms with Crippen LogP contribution in [0.2, 0.25) is 0 Å². The normalized spacial score (nSPS) is 46.1. The molecule has 1 saturated carbocycles. The van der Waals surface area contributed by atoms with Crippen LogP contribution in [-0.4, -0.2) is 49.1 Å². The van der Waals surface area contributed by atoms with Crippen LogP contribution in [0.5, 0.6) is 0 Å². The fourth-order valence-corrected chi connectivity index (χ4v) is 4.36. The molecule has 3 aliphatic rings. The van der Waals surface area contributed by atoms with Gasteiger partial charge in [0, 0.05) is 25.7 Å². The van der Waals surface area contributed by atoms with Crippen LogP contribution < -0.4 is 0 Å². The van der Waals surface area contributed by atoms with Gasteiger partial charge in [-0.3, -0.25) is 0 Å². The second-order valence-electron chi connectivity index (χ2n) is 6.61. The average molecular weight is 222 g/mol. The monoisotopic (exact) mass is 222 g/mol. The lowest BCUT2D eigenvalue weighted by Crippen LogP contribution is -2.41. The van der Waals surface area contributed by atoms with Gasteiger partial charge in [-0.05, 0) is 57.0 Å². The quantitative estimate of drug-likeness (QED) is 0.670. The third-order valence-electron chi connectivity index (χ3n) is 5.11. The molecule has 3 fully saturated rings. The molecule has 0 radical (unpaired) electrons. The summed E-state index contributed by atoms with van der Waals surface area (Å²) < 4.78 is 0. The summed E-state index contributed by atoms with van der Waals surface area (Å²) in [6, 6.07) is 0.937. The van der Waals surface area contributed by atoms with Crippen molar-refractivity contribution in [2.75, 3.05) is 33.2 Å². The van der Waals surface area contributed by atoms with Crippen LogP contribution in [0.15, 0.2) is 0 Å². The van der Waals surface area contributed by atoms with E-state index in [1.54, 1.807) is 0 Å². The Bertz CT molecular complexity index is 239. The number of hydrogen-bond donors (Lipinski definition) is 0. The lowest BCUT2D eigenvalue weighted by atomic mass is 9.98. The lowest BCUT2D eigenvalue weighted by Gasteiger charge is -2.36. The van der Waals surface area contributed by atoms with E-state index in [9.17, 15) is 0 Å². The van der Waals surface area contributed by atoms with E-state index in [1.165, 1.54) is 51.9 Å². The summed E-state index contributed by atoms with van der Waals surface area (Å²) in [5.74, 6) is 2.98. The molecule has 3 rings (SSSR count). The van der Waals surface area contributed by atoms with Crippen LogP contribution >= 0.6 is 0 Å². The number of piperidine rings is 1. The molecule has 92 valence electrons. The van der Waals surface area contributed by atoms with E-state index in [0.29, 0.717) is 0 Å². The van der Waals surface area contributed by atoms with Gasteiger partial charge in [0.1, 0.15) is 0 Å². The lowest BCUT2D eigenvalue weighted by molar-refractivity contribution is 0.124. The fourth-order valence-electron chi connectivity index (χ4n) is 4.36. The molecule has 3 atom stereocenters. The van der Waals surface area contributed by atoms with Crippen LogP contribution in [0.1, 0.15) is 32.6 Å². The smallest absolute Gasteiger partial charge is 0.0102 e. The molecule has 0 aromatic carbocycles. The van der Waals surface area contributed by atoms with Gasteiger partial charge in [0.05, 0.1) is 0 Å². The molecule has 0 aromatic rings. The number of hydrogen-bond acceptors (Lipinski definition) is 2. The zero-order valence-corrected chi connectivity index (χ0v) is 10.9. The summed E-state index contributed by atoms with van der Waals surface area (Å²) in [7, 11) is 2.29. The van der Waals surface area contributed by atoms with Crippen molar-refractivity contribution in [2.45, 2.75) is 38.6 Å². The number of rotatable bonds is 1. The van der Waals surface area contributed by atoms with Crippen molar-refractivity contribution >= 4 is 0 Å². The third kappa shape index (κ3) is 2.02. The van der Waals surface area contributed by atoms with Crippen LogP contribution in [0.4, 0.5) is 0 Å². The minimum Gasteiger partial charge on any atom is -0.306 e. The van der Waals surface area contributed by atoms with Gasteiger partial charge in [-0.25, -0.2) is 0 Å². The number of likely N-dealkylation sites (tertiary alicyclic amines) is 2. The maximum atomic E-state index is 2.81. The standard InChI is InChI=1S/C14H26N2/c1-11-4-3-5-16(8-11)14-6-12-9-15(2)10-13(12)7-14/h11-14H,3-10H2,1-2H3. The van der Waals surface area contributed by atoms with Gasteiger partial charge in [-0.1, -0.05) is 6.92 Å².